The summed E-state index contributed by atoms with van der Waals surface area (Å²) < 4.78 is 29.9. The van der Waals surface area contributed by atoms with Crippen molar-refractivity contribution in [1.29, 1.82) is 0 Å². The number of nitrogens with zero attached hydrogens (tertiary/aromatic N) is 1. The van der Waals surface area contributed by atoms with Gasteiger partial charge in [-0.1, -0.05) is 56.3 Å². The molecule has 156 valence electrons. The van der Waals surface area contributed by atoms with Crippen LogP contribution in [0.1, 0.15) is 42.9 Å². The Morgan fingerprint density at radius 1 is 1.17 bits per heavy atom. The first-order valence-corrected chi connectivity index (χ1v) is 11.8. The van der Waals surface area contributed by atoms with Crippen LogP contribution in [-0.4, -0.2) is 43.4 Å². The zero-order valence-electron chi connectivity index (χ0n) is 17.3. The standard InChI is InChI=1S/C23H29NO4S/c1-17(2)21-10-9-18(3)13-22(21)28-15-23(25)24(14-19-7-5-4-6-8-19)20-11-12-29(26,27)16-20/h4-10,13,17,20H,11-12,14-16H2,1-3H3/t20-/m1/s1. The van der Waals surface area contributed by atoms with Gasteiger partial charge in [0.15, 0.2) is 16.4 Å². The second-order valence-electron chi connectivity index (χ2n) is 8.05. The number of amides is 1. The normalized spacial score (nSPS) is 18.0. The smallest absolute Gasteiger partial charge is 0.261 e. The highest BCUT2D eigenvalue weighted by Gasteiger charge is 2.34. The molecule has 0 aromatic heterocycles. The molecule has 1 amide bonds. The molecular weight excluding hydrogens is 386 g/mol. The Morgan fingerprint density at radius 3 is 2.52 bits per heavy atom. The van der Waals surface area contributed by atoms with Crippen LogP contribution in [0.3, 0.4) is 0 Å². The Bertz CT molecular complexity index is 954. The van der Waals surface area contributed by atoms with Gasteiger partial charge in [-0.25, -0.2) is 8.42 Å². The maximum absolute atomic E-state index is 13.1. The van der Waals surface area contributed by atoms with Crippen LogP contribution in [0.25, 0.3) is 0 Å². The number of rotatable bonds is 7. The summed E-state index contributed by atoms with van der Waals surface area (Å²) in [4.78, 5) is 14.8. The summed E-state index contributed by atoms with van der Waals surface area (Å²) in [6.45, 7) is 6.44. The molecule has 0 bridgehead atoms. The fourth-order valence-electron chi connectivity index (χ4n) is 3.69. The lowest BCUT2D eigenvalue weighted by Crippen LogP contribution is -2.43. The molecule has 1 fully saturated rings. The second-order valence-corrected chi connectivity index (χ2v) is 10.3. The number of benzene rings is 2. The molecule has 1 heterocycles. The van der Waals surface area contributed by atoms with Crippen molar-refractivity contribution in [3.8, 4) is 5.75 Å². The molecule has 29 heavy (non-hydrogen) atoms. The zero-order chi connectivity index (χ0) is 21.0. The molecule has 0 unspecified atom stereocenters. The van der Waals surface area contributed by atoms with Crippen molar-refractivity contribution >= 4 is 15.7 Å². The first-order chi connectivity index (χ1) is 13.7. The van der Waals surface area contributed by atoms with Gasteiger partial charge in [-0.3, -0.25) is 4.79 Å². The highest BCUT2D eigenvalue weighted by molar-refractivity contribution is 7.91. The number of ether oxygens (including phenoxy) is 1. The molecule has 1 saturated heterocycles. The molecule has 0 N–H and O–H groups in total. The second kappa shape index (κ2) is 8.99. The van der Waals surface area contributed by atoms with Crippen LogP contribution in [0, 0.1) is 6.92 Å². The number of sulfone groups is 1. The molecule has 1 aliphatic rings. The van der Waals surface area contributed by atoms with E-state index in [-0.39, 0.29) is 36.0 Å². The number of carbonyl (C=O) groups is 1. The van der Waals surface area contributed by atoms with Crippen LogP contribution >= 0.6 is 0 Å². The highest BCUT2D eigenvalue weighted by atomic mass is 32.2. The molecule has 0 spiro atoms. The highest BCUT2D eigenvalue weighted by Crippen LogP contribution is 2.28. The third kappa shape index (κ3) is 5.60. The van der Waals surface area contributed by atoms with E-state index in [2.05, 4.69) is 13.8 Å². The van der Waals surface area contributed by atoms with Gasteiger partial charge in [-0.15, -0.1) is 0 Å². The van der Waals surface area contributed by atoms with Crippen LogP contribution < -0.4 is 4.74 Å². The Hall–Kier alpha value is -2.34. The molecule has 5 nitrogen and oxygen atoms in total. The summed E-state index contributed by atoms with van der Waals surface area (Å²) in [6, 6.07) is 15.4. The summed E-state index contributed by atoms with van der Waals surface area (Å²) in [6.07, 6.45) is 0.475. The minimum atomic E-state index is -3.09. The summed E-state index contributed by atoms with van der Waals surface area (Å²) >= 11 is 0. The van der Waals surface area contributed by atoms with E-state index >= 15 is 0 Å². The fraction of sp³-hybridized carbons (Fsp3) is 0.435. The van der Waals surface area contributed by atoms with Gasteiger partial charge < -0.3 is 9.64 Å². The van der Waals surface area contributed by atoms with E-state index in [4.69, 9.17) is 4.74 Å². The van der Waals surface area contributed by atoms with Gasteiger partial charge in [0.1, 0.15) is 5.75 Å². The summed E-state index contributed by atoms with van der Waals surface area (Å²) in [5.74, 6) is 0.958. The van der Waals surface area contributed by atoms with E-state index < -0.39 is 9.84 Å². The van der Waals surface area contributed by atoms with Crippen molar-refractivity contribution in [3.05, 3.63) is 65.2 Å². The van der Waals surface area contributed by atoms with Crippen molar-refractivity contribution in [2.24, 2.45) is 0 Å². The first-order valence-electron chi connectivity index (χ1n) is 10.0. The van der Waals surface area contributed by atoms with Gasteiger partial charge in [0.25, 0.3) is 5.91 Å². The molecule has 2 aromatic rings. The lowest BCUT2D eigenvalue weighted by atomic mass is 10.0. The summed E-state index contributed by atoms with van der Waals surface area (Å²) in [5, 5.41) is 0. The van der Waals surface area contributed by atoms with Gasteiger partial charge in [-0.05, 0) is 42.0 Å². The molecule has 2 aromatic carbocycles. The van der Waals surface area contributed by atoms with Gasteiger partial charge in [0, 0.05) is 12.6 Å². The molecule has 3 rings (SSSR count). The zero-order valence-corrected chi connectivity index (χ0v) is 18.1. The molecular formula is C23H29NO4S. The van der Waals surface area contributed by atoms with Gasteiger partial charge in [0.05, 0.1) is 11.5 Å². The van der Waals surface area contributed by atoms with Crippen molar-refractivity contribution in [1.82, 2.24) is 4.90 Å². The molecule has 0 saturated carbocycles. The van der Waals surface area contributed by atoms with E-state index in [0.717, 1.165) is 16.7 Å². The number of carbonyl (C=O) groups excluding carboxylic acids is 1. The predicted octanol–water partition coefficient (Wildman–Crippen LogP) is 3.71. The van der Waals surface area contributed by atoms with E-state index in [9.17, 15) is 13.2 Å². The van der Waals surface area contributed by atoms with Crippen LogP contribution in [0.15, 0.2) is 48.5 Å². The Morgan fingerprint density at radius 2 is 1.90 bits per heavy atom. The summed E-state index contributed by atoms with van der Waals surface area (Å²) in [5.41, 5.74) is 3.10. The van der Waals surface area contributed by atoms with Crippen LogP contribution in [0.2, 0.25) is 0 Å². The molecule has 1 atom stereocenters. The molecule has 0 radical (unpaired) electrons. The molecule has 0 aliphatic carbocycles. The number of hydrogen-bond donors (Lipinski definition) is 0. The van der Waals surface area contributed by atoms with Crippen molar-refractivity contribution in [2.75, 3.05) is 18.1 Å². The van der Waals surface area contributed by atoms with Gasteiger partial charge in [-0.2, -0.15) is 0 Å². The van der Waals surface area contributed by atoms with Crippen molar-refractivity contribution in [2.45, 2.75) is 45.7 Å². The monoisotopic (exact) mass is 415 g/mol. The van der Waals surface area contributed by atoms with E-state index in [1.807, 2.05) is 55.5 Å². The average molecular weight is 416 g/mol. The largest absolute Gasteiger partial charge is 0.483 e. The van der Waals surface area contributed by atoms with Crippen LogP contribution in [0.5, 0.6) is 5.75 Å². The van der Waals surface area contributed by atoms with E-state index in [1.165, 1.54) is 0 Å². The molecule has 1 aliphatic heterocycles. The predicted molar refractivity (Wildman–Crippen MR) is 115 cm³/mol. The van der Waals surface area contributed by atoms with Crippen LogP contribution in [-0.2, 0) is 21.2 Å². The average Bonchev–Trinajstić information content (AvgIpc) is 3.04. The Labute approximate surface area is 173 Å². The Balaban J connectivity index is 1.77. The Kier molecular flexibility index (Phi) is 6.63. The SMILES string of the molecule is Cc1ccc(C(C)C)c(OCC(=O)N(Cc2ccccc2)[C@@H]2CCS(=O)(=O)C2)c1. The maximum Gasteiger partial charge on any atom is 0.261 e. The lowest BCUT2D eigenvalue weighted by Gasteiger charge is -2.28. The van der Waals surface area contributed by atoms with E-state index in [0.29, 0.717) is 18.7 Å². The van der Waals surface area contributed by atoms with Gasteiger partial charge >= 0.3 is 0 Å². The number of aryl methyl sites for hydroxylation is 1. The maximum atomic E-state index is 13.1. The van der Waals surface area contributed by atoms with Crippen LogP contribution in [0.4, 0.5) is 0 Å². The summed E-state index contributed by atoms with van der Waals surface area (Å²) in [7, 11) is -3.09. The quantitative estimate of drug-likeness (QED) is 0.692. The van der Waals surface area contributed by atoms with Crippen molar-refractivity contribution in [3.63, 3.8) is 0 Å². The fourth-order valence-corrected chi connectivity index (χ4v) is 5.42. The molecule has 6 heteroatoms. The van der Waals surface area contributed by atoms with E-state index in [1.54, 1.807) is 4.90 Å². The first kappa shape index (κ1) is 21.4. The lowest BCUT2D eigenvalue weighted by molar-refractivity contribution is -0.136. The minimum Gasteiger partial charge on any atom is -0.483 e. The third-order valence-corrected chi connectivity index (χ3v) is 7.06. The number of hydrogen-bond acceptors (Lipinski definition) is 4. The van der Waals surface area contributed by atoms with Gasteiger partial charge in [0.2, 0.25) is 0 Å². The topological polar surface area (TPSA) is 63.7 Å². The van der Waals surface area contributed by atoms with Crippen molar-refractivity contribution < 1.29 is 17.9 Å². The third-order valence-electron chi connectivity index (χ3n) is 5.31. The minimum absolute atomic E-state index is 0.0211.